The summed E-state index contributed by atoms with van der Waals surface area (Å²) in [6.07, 6.45) is 6.69. The van der Waals surface area contributed by atoms with Crippen molar-refractivity contribution in [2.45, 2.75) is 38.1 Å². The molecule has 1 unspecified atom stereocenters. The van der Waals surface area contributed by atoms with Gasteiger partial charge in [-0.05, 0) is 62.0 Å². The van der Waals surface area contributed by atoms with Crippen LogP contribution in [-0.4, -0.2) is 45.7 Å². The summed E-state index contributed by atoms with van der Waals surface area (Å²) in [5.41, 5.74) is 3.66. The van der Waals surface area contributed by atoms with Crippen LogP contribution in [0.25, 0.3) is 10.9 Å². The van der Waals surface area contributed by atoms with E-state index >= 15 is 0 Å². The van der Waals surface area contributed by atoms with Crippen molar-refractivity contribution in [3.05, 3.63) is 65.9 Å². The fourth-order valence-corrected chi connectivity index (χ4v) is 5.44. The first-order chi connectivity index (χ1) is 14.7. The highest BCUT2D eigenvalue weighted by Crippen LogP contribution is 2.24. The average molecular weight is 534 g/mol. The molecule has 1 saturated heterocycles. The largest absolute Gasteiger partial charge is 0.355 e. The lowest BCUT2D eigenvalue weighted by Crippen LogP contribution is -2.44. The van der Waals surface area contributed by atoms with Gasteiger partial charge in [0.05, 0.1) is 11.7 Å². The molecule has 0 saturated carbocycles. The maximum Gasteiger partial charge on any atom is 0.220 e. The average Bonchev–Trinajstić information content (AvgIpc) is 3.45. The van der Waals surface area contributed by atoms with E-state index < -0.39 is 0 Å². The number of halogens is 1. The second-order valence-electron chi connectivity index (χ2n) is 7.87. The van der Waals surface area contributed by atoms with Crippen molar-refractivity contribution in [3.63, 3.8) is 0 Å². The van der Waals surface area contributed by atoms with Crippen molar-refractivity contribution in [2.75, 3.05) is 19.6 Å². The standard InChI is InChI=1S/C23H27IN4OS/c24-30-28-22-10-8-19(14-20(22)16-26-28)15-21(27-12-4-5-13-27)17-25-23(29)11-9-18-6-2-1-3-7-18/h1-3,6-8,10,14,16,21H,4-5,9,11-13,15,17H2,(H,25,29). The lowest BCUT2D eigenvalue weighted by atomic mass is 10.0. The molecular formula is C23H27IN4OS. The van der Waals surface area contributed by atoms with E-state index in [0.717, 1.165) is 31.4 Å². The van der Waals surface area contributed by atoms with Crippen LogP contribution in [0.1, 0.15) is 30.4 Å². The van der Waals surface area contributed by atoms with Crippen molar-refractivity contribution in [1.29, 1.82) is 0 Å². The zero-order chi connectivity index (χ0) is 20.8. The third-order valence-corrected chi connectivity index (χ3v) is 7.35. The number of nitrogens with zero attached hydrogens (tertiary/aromatic N) is 3. The van der Waals surface area contributed by atoms with Gasteiger partial charge in [0.25, 0.3) is 0 Å². The number of aromatic nitrogens is 2. The predicted octanol–water partition coefficient (Wildman–Crippen LogP) is 4.64. The van der Waals surface area contributed by atoms with Crippen LogP contribution < -0.4 is 5.32 Å². The highest BCUT2D eigenvalue weighted by Gasteiger charge is 2.23. The molecule has 0 aliphatic carbocycles. The Morgan fingerprint density at radius 1 is 1.13 bits per heavy atom. The molecule has 30 heavy (non-hydrogen) atoms. The van der Waals surface area contributed by atoms with Gasteiger partial charge in [-0.15, -0.1) is 0 Å². The van der Waals surface area contributed by atoms with Crippen LogP contribution in [0.4, 0.5) is 0 Å². The van der Waals surface area contributed by atoms with Gasteiger partial charge in [-0.3, -0.25) is 9.69 Å². The second kappa shape index (κ2) is 10.6. The van der Waals surface area contributed by atoms with Gasteiger partial charge in [0.15, 0.2) is 0 Å². The lowest BCUT2D eigenvalue weighted by Gasteiger charge is -2.28. The summed E-state index contributed by atoms with van der Waals surface area (Å²) >= 11 is 2.25. The molecule has 1 aromatic heterocycles. The number of fused-ring (bicyclic) bond motifs is 1. The Balaban J connectivity index is 1.37. The number of amides is 1. The van der Waals surface area contributed by atoms with Crippen molar-refractivity contribution in [1.82, 2.24) is 19.4 Å². The van der Waals surface area contributed by atoms with Crippen molar-refractivity contribution < 1.29 is 4.79 Å². The Hall–Kier alpha value is -1.58. The number of nitrogens with one attached hydrogen (secondary N) is 1. The zero-order valence-corrected chi connectivity index (χ0v) is 19.9. The van der Waals surface area contributed by atoms with E-state index in [1.165, 1.54) is 29.4 Å². The number of hydrogen-bond acceptors (Lipinski definition) is 4. The molecule has 0 spiro atoms. The monoisotopic (exact) mass is 534 g/mol. The third-order valence-electron chi connectivity index (χ3n) is 5.81. The molecule has 2 heterocycles. The van der Waals surface area contributed by atoms with Gasteiger partial charge in [-0.2, -0.15) is 9.19 Å². The molecule has 1 fully saturated rings. The molecule has 3 aromatic rings. The van der Waals surface area contributed by atoms with Gasteiger partial charge < -0.3 is 5.32 Å². The second-order valence-corrected chi connectivity index (χ2v) is 9.54. The molecule has 0 radical (unpaired) electrons. The van der Waals surface area contributed by atoms with Crippen LogP contribution in [0.3, 0.4) is 0 Å². The summed E-state index contributed by atoms with van der Waals surface area (Å²) in [5.74, 6) is 0.138. The molecule has 1 atom stereocenters. The van der Waals surface area contributed by atoms with Gasteiger partial charge in [0.2, 0.25) is 5.91 Å². The number of rotatable bonds is 9. The first-order valence-electron chi connectivity index (χ1n) is 10.5. The number of carbonyl (C=O) groups excluding carboxylic acids is 1. The Morgan fingerprint density at radius 2 is 1.93 bits per heavy atom. The molecule has 7 heteroatoms. The number of benzene rings is 2. The van der Waals surface area contributed by atoms with Crippen molar-refractivity contribution in [3.8, 4) is 0 Å². The number of likely N-dealkylation sites (tertiary alicyclic amines) is 1. The van der Waals surface area contributed by atoms with E-state index in [9.17, 15) is 4.79 Å². The highest BCUT2D eigenvalue weighted by molar-refractivity contribution is 14.2. The van der Waals surface area contributed by atoms with Crippen LogP contribution in [0.5, 0.6) is 0 Å². The van der Waals surface area contributed by atoms with Gasteiger partial charge >= 0.3 is 0 Å². The minimum atomic E-state index is 0.138. The molecule has 158 valence electrons. The highest BCUT2D eigenvalue weighted by atomic mass is 127. The number of aryl methyl sites for hydroxylation is 1. The Bertz CT molecular complexity index is 972. The minimum absolute atomic E-state index is 0.138. The predicted molar refractivity (Wildman–Crippen MR) is 133 cm³/mol. The molecule has 1 amide bonds. The van der Waals surface area contributed by atoms with Gasteiger partial charge in [-0.25, -0.2) is 0 Å². The molecule has 1 aliphatic heterocycles. The molecule has 4 rings (SSSR count). The van der Waals surface area contributed by atoms with E-state index in [4.69, 9.17) is 0 Å². The summed E-state index contributed by atoms with van der Waals surface area (Å²) in [7, 11) is 1.58. The van der Waals surface area contributed by atoms with Crippen LogP contribution in [0.15, 0.2) is 54.7 Å². The molecule has 2 aromatic carbocycles. The van der Waals surface area contributed by atoms with E-state index in [1.807, 2.05) is 28.5 Å². The Morgan fingerprint density at radius 3 is 2.70 bits per heavy atom. The summed E-state index contributed by atoms with van der Waals surface area (Å²) in [4.78, 5) is 15.0. The molecule has 5 nitrogen and oxygen atoms in total. The van der Waals surface area contributed by atoms with Gasteiger partial charge in [0.1, 0.15) is 0 Å². The quantitative estimate of drug-likeness (QED) is 0.407. The topological polar surface area (TPSA) is 50.2 Å². The van der Waals surface area contributed by atoms with E-state index in [0.29, 0.717) is 19.0 Å². The Labute approximate surface area is 194 Å². The molecular weight excluding hydrogens is 507 g/mol. The van der Waals surface area contributed by atoms with Gasteiger partial charge in [0, 0.05) is 54.7 Å². The summed E-state index contributed by atoms with van der Waals surface area (Å²) in [6.45, 7) is 2.95. The molecule has 0 bridgehead atoms. The van der Waals surface area contributed by atoms with E-state index in [-0.39, 0.29) is 5.91 Å². The third kappa shape index (κ3) is 5.56. The van der Waals surface area contributed by atoms with Crippen LogP contribution in [-0.2, 0) is 17.6 Å². The number of hydrogen-bond donors (Lipinski definition) is 1. The maximum atomic E-state index is 12.5. The summed E-state index contributed by atoms with van der Waals surface area (Å²) in [6, 6.07) is 17.1. The van der Waals surface area contributed by atoms with Crippen molar-refractivity contribution >= 4 is 47.1 Å². The van der Waals surface area contributed by atoms with Crippen molar-refractivity contribution in [2.24, 2.45) is 0 Å². The summed E-state index contributed by atoms with van der Waals surface area (Å²) < 4.78 is 1.94. The van der Waals surface area contributed by atoms with Crippen LogP contribution in [0.2, 0.25) is 0 Å². The van der Waals surface area contributed by atoms with Crippen LogP contribution >= 0.6 is 30.3 Å². The molecule has 1 aliphatic rings. The van der Waals surface area contributed by atoms with Gasteiger partial charge in [-0.1, -0.05) is 36.4 Å². The first kappa shape index (κ1) is 21.6. The smallest absolute Gasteiger partial charge is 0.220 e. The number of carbonyl (C=O) groups is 1. The fraction of sp³-hybridized carbons (Fsp3) is 0.391. The fourth-order valence-electron chi connectivity index (χ4n) is 4.17. The minimum Gasteiger partial charge on any atom is -0.355 e. The maximum absolute atomic E-state index is 12.5. The summed E-state index contributed by atoms with van der Waals surface area (Å²) in [5, 5.41) is 8.79. The first-order valence-corrected chi connectivity index (χ1v) is 13.8. The van der Waals surface area contributed by atoms with Crippen LogP contribution in [0, 0.1) is 0 Å². The SMILES string of the molecule is O=C(CCc1ccccc1)NCC(Cc1ccc2c(cnn2SI)c1)N1CCCC1. The molecule has 1 N–H and O–H groups in total. The van der Waals surface area contributed by atoms with E-state index in [1.54, 1.807) is 9.12 Å². The Kier molecular flexibility index (Phi) is 7.67. The lowest BCUT2D eigenvalue weighted by molar-refractivity contribution is -0.121. The zero-order valence-electron chi connectivity index (χ0n) is 17.0. The van der Waals surface area contributed by atoms with E-state index in [2.05, 4.69) is 66.9 Å². The normalized spacial score (nSPS) is 15.5.